The summed E-state index contributed by atoms with van der Waals surface area (Å²) in [4.78, 5) is 49.0. The van der Waals surface area contributed by atoms with E-state index in [2.05, 4.69) is 21.1 Å². The van der Waals surface area contributed by atoms with Crippen LogP contribution in [0.2, 0.25) is 0 Å². The summed E-state index contributed by atoms with van der Waals surface area (Å²) in [5.74, 6) is -1.59. The Labute approximate surface area is 197 Å². The van der Waals surface area contributed by atoms with Gasteiger partial charge in [-0.05, 0) is 32.6 Å². The largest absolute Gasteiger partial charge is 0.449 e. The minimum absolute atomic E-state index is 0.0910. The van der Waals surface area contributed by atoms with E-state index >= 15 is 0 Å². The number of ether oxygens (including phenoxy) is 2. The average molecular weight is 490 g/mol. The van der Waals surface area contributed by atoms with E-state index in [1.54, 1.807) is 6.92 Å². The van der Waals surface area contributed by atoms with Crippen LogP contribution in [0.1, 0.15) is 40.5 Å². The number of alkyl carbamates (subject to hydrolysis) is 1. The molecule has 4 unspecified atom stereocenters. The molecule has 1 rings (SSSR count). The Bertz CT molecular complexity index is 748. The second kappa shape index (κ2) is 14.1. The van der Waals surface area contributed by atoms with E-state index in [1.807, 2.05) is 13.8 Å². The number of hydrogen-bond donors (Lipinski definition) is 5. The fraction of sp³-hybridized carbons (Fsp3) is 0.789. The van der Waals surface area contributed by atoms with Crippen molar-refractivity contribution in [1.82, 2.24) is 20.9 Å². The molecule has 194 valence electrons. The first-order valence-corrected chi connectivity index (χ1v) is 11.0. The van der Waals surface area contributed by atoms with Crippen molar-refractivity contribution in [3.63, 3.8) is 0 Å². The molecule has 1 heterocycles. The monoisotopic (exact) mass is 489 g/mol. The number of nitrogens with zero attached hydrogens (tertiary/aromatic N) is 3. The third-order valence-corrected chi connectivity index (χ3v) is 4.80. The summed E-state index contributed by atoms with van der Waals surface area (Å²) >= 11 is 0. The van der Waals surface area contributed by atoms with Crippen LogP contribution in [0.25, 0.3) is 0 Å². The fourth-order valence-corrected chi connectivity index (χ4v) is 3.18. The lowest BCUT2D eigenvalue weighted by molar-refractivity contribution is -0.486. The minimum Gasteiger partial charge on any atom is -0.449 e. The lowest BCUT2D eigenvalue weighted by Crippen LogP contribution is -2.62. The van der Waals surface area contributed by atoms with E-state index in [0.717, 1.165) is 0 Å². The maximum Gasteiger partial charge on any atom is 0.407 e. The van der Waals surface area contributed by atoms with Crippen LogP contribution in [0.5, 0.6) is 0 Å². The van der Waals surface area contributed by atoms with Crippen molar-refractivity contribution in [2.45, 2.75) is 64.9 Å². The molecule has 3 amide bonds. The highest BCUT2D eigenvalue weighted by atomic mass is 16.7. The molecule has 1 saturated heterocycles. The molecule has 0 radical (unpaired) electrons. The van der Waals surface area contributed by atoms with Gasteiger partial charge in [0.15, 0.2) is 11.3 Å². The number of hydrogen-bond acceptors (Lipinski definition) is 8. The molecule has 0 aromatic rings. The lowest BCUT2D eigenvalue weighted by Gasteiger charge is -2.41. The minimum atomic E-state index is -1.31. The molecule has 4 atom stereocenters. The number of aliphatic hydroxyl groups is 1. The Morgan fingerprint density at radius 1 is 1.26 bits per heavy atom. The van der Waals surface area contributed by atoms with Gasteiger partial charge in [0.25, 0.3) is 5.96 Å². The molecule has 15 nitrogen and oxygen atoms in total. The number of nitrogens with two attached hydrogens (primary N) is 1. The number of amides is 3. The molecule has 0 aromatic heterocycles. The molecule has 15 heteroatoms. The summed E-state index contributed by atoms with van der Waals surface area (Å²) in [7, 11) is 0. The number of rotatable bonds is 11. The molecular weight excluding hydrogens is 454 g/mol. The Hall–Kier alpha value is -3.20. The average Bonchev–Trinajstić information content (AvgIpc) is 2.76. The molecule has 0 spiro atoms. The zero-order valence-corrected chi connectivity index (χ0v) is 19.9. The van der Waals surface area contributed by atoms with E-state index < -0.39 is 53.9 Å². The predicted molar refractivity (Wildman–Crippen MR) is 120 cm³/mol. The molecule has 0 bridgehead atoms. The van der Waals surface area contributed by atoms with Crippen molar-refractivity contribution in [3.05, 3.63) is 10.1 Å². The third-order valence-electron chi connectivity index (χ3n) is 4.80. The number of carbonyl (C=O) groups is 3. The molecule has 34 heavy (non-hydrogen) atoms. The maximum absolute atomic E-state index is 12.7. The second-order valence-corrected chi connectivity index (χ2v) is 8.09. The first-order chi connectivity index (χ1) is 16.0. The molecule has 1 fully saturated rings. The molecule has 0 saturated carbocycles. The summed E-state index contributed by atoms with van der Waals surface area (Å²) in [6, 6.07) is -2.93. The van der Waals surface area contributed by atoms with Gasteiger partial charge in [0.05, 0.1) is 19.3 Å². The van der Waals surface area contributed by atoms with Gasteiger partial charge >= 0.3 is 6.09 Å². The topological polar surface area (TPSA) is 211 Å². The van der Waals surface area contributed by atoms with Crippen molar-refractivity contribution >= 4 is 23.9 Å². The summed E-state index contributed by atoms with van der Waals surface area (Å²) in [6.07, 6.45) is -0.604. The van der Waals surface area contributed by atoms with Crippen molar-refractivity contribution in [1.29, 1.82) is 0 Å². The van der Waals surface area contributed by atoms with Crippen LogP contribution < -0.4 is 21.7 Å². The number of aliphatic hydroxyl groups excluding tert-OH is 1. The number of piperidine rings is 1. The Balaban J connectivity index is 2.76. The molecule has 0 aromatic carbocycles. The Morgan fingerprint density at radius 2 is 1.94 bits per heavy atom. The highest BCUT2D eigenvalue weighted by Gasteiger charge is 2.36. The second-order valence-electron chi connectivity index (χ2n) is 8.09. The highest BCUT2D eigenvalue weighted by molar-refractivity contribution is 5.91. The summed E-state index contributed by atoms with van der Waals surface area (Å²) in [5, 5.41) is 29.8. The van der Waals surface area contributed by atoms with Gasteiger partial charge in [-0.25, -0.2) is 14.9 Å². The fourth-order valence-electron chi connectivity index (χ4n) is 3.18. The maximum atomic E-state index is 12.7. The number of nitrogens with one attached hydrogen (secondary N) is 3. The molecule has 1 aliphatic heterocycles. The van der Waals surface area contributed by atoms with Crippen LogP contribution >= 0.6 is 0 Å². The van der Waals surface area contributed by atoms with Gasteiger partial charge < -0.3 is 41.2 Å². The van der Waals surface area contributed by atoms with Gasteiger partial charge in [-0.2, -0.15) is 0 Å². The van der Waals surface area contributed by atoms with Gasteiger partial charge in [0.2, 0.25) is 11.8 Å². The highest BCUT2D eigenvalue weighted by Crippen LogP contribution is 2.19. The van der Waals surface area contributed by atoms with E-state index in [1.165, 1.54) is 11.8 Å². The van der Waals surface area contributed by atoms with Crippen molar-refractivity contribution in [3.8, 4) is 0 Å². The van der Waals surface area contributed by atoms with E-state index in [9.17, 15) is 29.6 Å². The van der Waals surface area contributed by atoms with Gasteiger partial charge in [0, 0.05) is 13.2 Å². The zero-order chi connectivity index (χ0) is 25.8. The number of hydrazone groups is 1. The SMILES string of the molecule is CCOC1C(NC(=O)C(C)NC(=O)C(CO)NC(=O)OCC(C)C)CCCN1/C(N)=N/[N+](=O)[O-]. The van der Waals surface area contributed by atoms with Crippen molar-refractivity contribution < 1.29 is 34.0 Å². The normalized spacial score (nSPS) is 20.3. The van der Waals surface area contributed by atoms with Crippen LogP contribution in [-0.2, 0) is 19.1 Å². The molecule has 0 aliphatic carbocycles. The van der Waals surface area contributed by atoms with Crippen LogP contribution in [0.15, 0.2) is 5.10 Å². The van der Waals surface area contributed by atoms with Crippen LogP contribution in [-0.4, -0.2) is 89.6 Å². The van der Waals surface area contributed by atoms with Crippen LogP contribution in [0, 0.1) is 16.0 Å². The third kappa shape index (κ3) is 9.35. The van der Waals surface area contributed by atoms with Gasteiger partial charge in [-0.15, -0.1) is 0 Å². The Kier molecular flexibility index (Phi) is 12.0. The quantitative estimate of drug-likeness (QED) is 0.1000. The first-order valence-electron chi connectivity index (χ1n) is 11.0. The van der Waals surface area contributed by atoms with Gasteiger partial charge in [-0.1, -0.05) is 13.8 Å². The van der Waals surface area contributed by atoms with Crippen LogP contribution in [0.4, 0.5) is 4.79 Å². The van der Waals surface area contributed by atoms with Crippen molar-refractivity contribution in [2.24, 2.45) is 16.8 Å². The number of guanidine groups is 1. The summed E-state index contributed by atoms with van der Waals surface area (Å²) < 4.78 is 10.6. The van der Waals surface area contributed by atoms with E-state index in [-0.39, 0.29) is 25.1 Å². The van der Waals surface area contributed by atoms with Crippen molar-refractivity contribution in [2.75, 3.05) is 26.4 Å². The van der Waals surface area contributed by atoms with E-state index in [0.29, 0.717) is 19.4 Å². The molecule has 6 N–H and O–H groups in total. The van der Waals surface area contributed by atoms with Gasteiger partial charge in [0.1, 0.15) is 17.2 Å². The smallest absolute Gasteiger partial charge is 0.407 e. The molecule has 1 aliphatic rings. The molecular formula is C19H35N7O8. The first kappa shape index (κ1) is 28.8. The van der Waals surface area contributed by atoms with Crippen LogP contribution in [0.3, 0.4) is 0 Å². The number of carbonyl (C=O) groups excluding carboxylic acids is 3. The van der Waals surface area contributed by atoms with E-state index in [4.69, 9.17) is 15.2 Å². The Morgan fingerprint density at radius 3 is 2.50 bits per heavy atom. The summed E-state index contributed by atoms with van der Waals surface area (Å²) in [6.45, 7) is 6.88. The standard InChI is InChI=1S/C19H35N7O8/c1-5-33-17-13(7-6-8-25(17)18(20)24-26(31)32)22-15(28)12(4)21-16(29)14(9-27)23-19(30)34-10-11(2)3/h11-14,17,27H,5-10H2,1-4H3,(H2,20,24)(H,21,29)(H,22,28)(H,23,30). The number of nitro groups is 1. The van der Waals surface area contributed by atoms with Gasteiger partial charge in [-0.3, -0.25) is 9.59 Å². The lowest BCUT2D eigenvalue weighted by atomic mass is 10.0. The number of likely N-dealkylation sites (tertiary alicyclic amines) is 1. The zero-order valence-electron chi connectivity index (χ0n) is 19.9. The summed E-state index contributed by atoms with van der Waals surface area (Å²) in [5.41, 5.74) is 5.73. The predicted octanol–water partition coefficient (Wildman–Crippen LogP) is -1.32.